The maximum Gasteiger partial charge on any atom is 0.471 e. The Bertz CT molecular complexity index is 990. The summed E-state index contributed by atoms with van der Waals surface area (Å²) in [4.78, 5) is 48.8. The predicted molar refractivity (Wildman–Crippen MR) is 113 cm³/mol. The highest BCUT2D eigenvalue weighted by Gasteiger charge is 2.38. The lowest BCUT2D eigenvalue weighted by Gasteiger charge is -2.14. The molecule has 1 saturated heterocycles. The molecule has 14 heteroatoms. The lowest BCUT2D eigenvalue weighted by molar-refractivity contribution is -0.173. The number of carbonyl (C=O) groups is 2. The van der Waals surface area contributed by atoms with E-state index in [1.54, 1.807) is 5.32 Å². The first-order valence-electron chi connectivity index (χ1n) is 10.6. The number of hydrogen-bond donors (Lipinski definition) is 5. The van der Waals surface area contributed by atoms with Crippen molar-refractivity contribution in [3.05, 3.63) is 38.7 Å². The molecule has 34 heavy (non-hydrogen) atoms. The number of amides is 2. The number of halogens is 3. The minimum atomic E-state index is -4.89. The number of nitrogens with zero attached hydrogens (tertiary/aromatic N) is 1. The minimum Gasteiger partial charge on any atom is -0.394 e. The molecule has 11 nitrogen and oxygen atoms in total. The highest BCUT2D eigenvalue weighted by Crippen LogP contribution is 2.27. The lowest BCUT2D eigenvalue weighted by Crippen LogP contribution is -2.37. The number of hydrogen-bond acceptors (Lipinski definition) is 7. The summed E-state index contributed by atoms with van der Waals surface area (Å²) in [5.74, 6) is -2.47. The van der Waals surface area contributed by atoms with Gasteiger partial charge in [-0.25, -0.2) is 4.79 Å². The van der Waals surface area contributed by atoms with Crippen LogP contribution in [0.5, 0.6) is 0 Å². The van der Waals surface area contributed by atoms with Gasteiger partial charge in [0.1, 0.15) is 12.3 Å². The number of rotatable bonds is 11. The molecule has 1 aliphatic rings. The van der Waals surface area contributed by atoms with Crippen LogP contribution in [0.25, 0.3) is 6.08 Å². The molecule has 1 fully saturated rings. The van der Waals surface area contributed by atoms with Crippen LogP contribution in [0.3, 0.4) is 0 Å². The van der Waals surface area contributed by atoms with E-state index in [0.717, 1.165) is 10.6 Å². The molecule has 5 N–H and O–H groups in total. The van der Waals surface area contributed by atoms with E-state index in [1.165, 1.54) is 12.3 Å². The van der Waals surface area contributed by atoms with Crippen molar-refractivity contribution in [1.82, 2.24) is 20.2 Å². The van der Waals surface area contributed by atoms with Crippen LogP contribution in [-0.2, 0) is 14.3 Å². The van der Waals surface area contributed by atoms with Crippen molar-refractivity contribution in [3.8, 4) is 0 Å². The Morgan fingerprint density at radius 3 is 2.41 bits per heavy atom. The smallest absolute Gasteiger partial charge is 0.394 e. The average Bonchev–Trinajstić information content (AvgIpc) is 3.14. The van der Waals surface area contributed by atoms with E-state index in [0.29, 0.717) is 32.2 Å². The van der Waals surface area contributed by atoms with Crippen molar-refractivity contribution in [2.75, 3.05) is 19.7 Å². The highest BCUT2D eigenvalue weighted by atomic mass is 19.4. The number of aliphatic hydroxyl groups is 2. The van der Waals surface area contributed by atoms with Gasteiger partial charge < -0.3 is 25.6 Å². The van der Waals surface area contributed by atoms with E-state index in [-0.39, 0.29) is 18.5 Å². The van der Waals surface area contributed by atoms with Crippen LogP contribution in [0, 0.1) is 0 Å². The summed E-state index contributed by atoms with van der Waals surface area (Å²) in [6.45, 7) is -0.225. The molecular formula is C20H27F3N4O7. The Labute approximate surface area is 191 Å². The average molecular weight is 492 g/mol. The zero-order valence-electron chi connectivity index (χ0n) is 18.1. The second-order valence-electron chi connectivity index (χ2n) is 7.66. The molecule has 1 aromatic heterocycles. The zero-order valence-corrected chi connectivity index (χ0v) is 18.1. The van der Waals surface area contributed by atoms with E-state index >= 15 is 0 Å². The van der Waals surface area contributed by atoms with Crippen LogP contribution in [0.15, 0.2) is 21.9 Å². The fraction of sp³-hybridized carbons (Fsp3) is 0.600. The maximum atomic E-state index is 12.1. The minimum absolute atomic E-state index is 0.00110. The van der Waals surface area contributed by atoms with Gasteiger partial charge in [-0.15, -0.1) is 0 Å². The van der Waals surface area contributed by atoms with Crippen LogP contribution in [-0.4, -0.2) is 69.7 Å². The number of unbranched alkanes of at least 4 members (excludes halogenated alkanes) is 3. The molecular weight excluding hydrogens is 465 g/mol. The van der Waals surface area contributed by atoms with Crippen LogP contribution in [0.4, 0.5) is 13.2 Å². The van der Waals surface area contributed by atoms with E-state index in [9.17, 15) is 37.5 Å². The standard InChI is InChI=1S/C20H27F3N4O7/c21-20(22,23)18(32)25-8-4-2-1-3-7-24-15(30)6-5-12-10-27(19(33)26-17(12)31)16-9-13(29)14(11-28)34-16/h5-6,10,13-14,16,28-29H,1-4,7-9,11H2,(H,24,30)(H,25,32)(H,26,31,33)/b6-5+. The molecule has 0 saturated carbocycles. The van der Waals surface area contributed by atoms with E-state index in [4.69, 9.17) is 9.84 Å². The summed E-state index contributed by atoms with van der Waals surface area (Å²) in [7, 11) is 0. The molecule has 2 amide bonds. The molecule has 1 aromatic rings. The van der Waals surface area contributed by atoms with Gasteiger partial charge in [0.05, 0.1) is 18.3 Å². The third-order valence-electron chi connectivity index (χ3n) is 5.05. The first-order valence-corrected chi connectivity index (χ1v) is 10.6. The number of nitrogens with one attached hydrogen (secondary N) is 3. The summed E-state index contributed by atoms with van der Waals surface area (Å²) in [6.07, 6.45) is -1.95. The van der Waals surface area contributed by atoms with Crippen molar-refractivity contribution in [2.45, 2.75) is 56.7 Å². The Morgan fingerprint density at radius 2 is 1.82 bits per heavy atom. The Morgan fingerprint density at radius 1 is 1.18 bits per heavy atom. The van der Waals surface area contributed by atoms with E-state index in [2.05, 4.69) is 10.3 Å². The molecule has 190 valence electrons. The van der Waals surface area contributed by atoms with Crippen molar-refractivity contribution in [2.24, 2.45) is 0 Å². The van der Waals surface area contributed by atoms with Gasteiger partial charge in [0, 0.05) is 31.8 Å². The number of aliphatic hydroxyl groups excluding tert-OH is 2. The molecule has 0 aliphatic carbocycles. The molecule has 0 aromatic carbocycles. The number of aromatic amines is 1. The number of ether oxygens (including phenoxy) is 1. The fourth-order valence-electron chi connectivity index (χ4n) is 3.23. The summed E-state index contributed by atoms with van der Waals surface area (Å²) < 4.78 is 42.6. The highest BCUT2D eigenvalue weighted by molar-refractivity contribution is 5.91. The van der Waals surface area contributed by atoms with E-state index < -0.39 is 54.3 Å². The second kappa shape index (κ2) is 12.5. The quantitative estimate of drug-likeness (QED) is 0.206. The molecule has 1 aliphatic heterocycles. The van der Waals surface area contributed by atoms with Gasteiger partial charge in [-0.2, -0.15) is 13.2 Å². The topological polar surface area (TPSA) is 163 Å². The third kappa shape index (κ3) is 8.11. The molecule has 2 heterocycles. The summed E-state index contributed by atoms with van der Waals surface area (Å²) >= 11 is 0. The lowest BCUT2D eigenvalue weighted by atomic mass is 10.2. The molecule has 0 radical (unpaired) electrons. The number of carbonyl (C=O) groups excluding carboxylic acids is 2. The monoisotopic (exact) mass is 492 g/mol. The van der Waals surface area contributed by atoms with Gasteiger partial charge in [0.2, 0.25) is 5.91 Å². The molecule has 3 atom stereocenters. The number of H-pyrrole nitrogens is 1. The van der Waals surface area contributed by atoms with Gasteiger partial charge in [-0.05, 0) is 18.9 Å². The van der Waals surface area contributed by atoms with Crippen LogP contribution in [0.2, 0.25) is 0 Å². The number of alkyl halides is 3. The van der Waals surface area contributed by atoms with Crippen molar-refractivity contribution in [3.63, 3.8) is 0 Å². The number of aromatic nitrogens is 2. The molecule has 0 spiro atoms. The van der Waals surface area contributed by atoms with Gasteiger partial charge in [0.25, 0.3) is 5.56 Å². The van der Waals surface area contributed by atoms with E-state index in [1.807, 2.05) is 0 Å². The predicted octanol–water partition coefficient (Wildman–Crippen LogP) is -0.454. The van der Waals surface area contributed by atoms with Crippen LogP contribution >= 0.6 is 0 Å². The molecule has 2 rings (SSSR count). The Hall–Kier alpha value is -2.97. The van der Waals surface area contributed by atoms with Crippen LogP contribution < -0.4 is 21.9 Å². The largest absolute Gasteiger partial charge is 0.471 e. The van der Waals surface area contributed by atoms with Gasteiger partial charge in [0.15, 0.2) is 0 Å². The zero-order chi connectivity index (χ0) is 25.3. The second-order valence-corrected chi connectivity index (χ2v) is 7.66. The van der Waals surface area contributed by atoms with Gasteiger partial charge in [-0.1, -0.05) is 12.8 Å². The Kier molecular flexibility index (Phi) is 10.0. The van der Waals surface area contributed by atoms with Gasteiger partial charge >= 0.3 is 17.8 Å². The van der Waals surface area contributed by atoms with Crippen molar-refractivity contribution in [1.29, 1.82) is 0 Å². The molecule has 0 bridgehead atoms. The van der Waals surface area contributed by atoms with Crippen molar-refractivity contribution >= 4 is 17.9 Å². The summed E-state index contributed by atoms with van der Waals surface area (Å²) in [5, 5.41) is 23.4. The molecule has 3 unspecified atom stereocenters. The van der Waals surface area contributed by atoms with Crippen LogP contribution in [0.1, 0.15) is 43.9 Å². The maximum absolute atomic E-state index is 12.1. The summed E-state index contributed by atoms with van der Waals surface area (Å²) in [6, 6.07) is 0. The normalized spacial score (nSPS) is 20.6. The fourth-order valence-corrected chi connectivity index (χ4v) is 3.23. The first-order chi connectivity index (χ1) is 16.0. The summed E-state index contributed by atoms with van der Waals surface area (Å²) in [5.41, 5.74) is -1.48. The van der Waals surface area contributed by atoms with Gasteiger partial charge in [-0.3, -0.25) is 23.9 Å². The first kappa shape index (κ1) is 27.3. The van der Waals surface area contributed by atoms with Crippen molar-refractivity contribution < 1.29 is 37.7 Å². The SMILES string of the molecule is O=C(/C=C/c1cn(C2CC(O)C(CO)O2)c(=O)[nH]c1=O)NCCCCCCNC(=O)C(F)(F)F. The Balaban J connectivity index is 1.76. The third-order valence-corrected chi connectivity index (χ3v) is 5.05.